The summed E-state index contributed by atoms with van der Waals surface area (Å²) >= 11 is 6.10. The molecule has 0 atom stereocenters. The Morgan fingerprint density at radius 2 is 1.62 bits per heavy atom. The molecule has 1 aliphatic carbocycles. The van der Waals surface area contributed by atoms with Crippen LogP contribution in [0.3, 0.4) is 0 Å². The molecule has 0 spiro atoms. The number of amides is 1. The van der Waals surface area contributed by atoms with E-state index in [2.05, 4.69) is 41.1 Å². The third kappa shape index (κ3) is 4.25. The number of nitrogens with one attached hydrogen (secondary N) is 1. The summed E-state index contributed by atoms with van der Waals surface area (Å²) in [5.41, 5.74) is 5.98. The van der Waals surface area contributed by atoms with Crippen molar-refractivity contribution in [1.82, 2.24) is 9.88 Å². The van der Waals surface area contributed by atoms with E-state index < -0.39 is 0 Å². The van der Waals surface area contributed by atoms with Crippen LogP contribution in [0.2, 0.25) is 5.02 Å². The number of hydrogen-bond donors (Lipinski definition) is 1. The molecule has 0 unspecified atom stereocenters. The van der Waals surface area contributed by atoms with E-state index in [0.717, 1.165) is 41.0 Å². The van der Waals surface area contributed by atoms with Gasteiger partial charge in [-0.2, -0.15) is 0 Å². The molecule has 1 heterocycles. The lowest BCUT2D eigenvalue weighted by molar-refractivity contribution is 0.0927. The van der Waals surface area contributed by atoms with Crippen molar-refractivity contribution in [1.29, 1.82) is 0 Å². The van der Waals surface area contributed by atoms with Gasteiger partial charge < -0.3 is 9.88 Å². The van der Waals surface area contributed by atoms with Gasteiger partial charge in [0, 0.05) is 22.4 Å². The highest BCUT2D eigenvalue weighted by Gasteiger charge is 2.22. The van der Waals surface area contributed by atoms with E-state index in [1.165, 1.54) is 24.8 Å². The van der Waals surface area contributed by atoms with Gasteiger partial charge in [0.15, 0.2) is 0 Å². The molecule has 0 saturated heterocycles. The third-order valence-corrected chi connectivity index (χ3v) is 6.12. The van der Waals surface area contributed by atoms with E-state index >= 15 is 0 Å². The van der Waals surface area contributed by atoms with Gasteiger partial charge in [0.25, 0.3) is 5.91 Å². The minimum atomic E-state index is 0.0236. The molecular formula is C25H27ClN2O. The van der Waals surface area contributed by atoms with Crippen LogP contribution in [0.15, 0.2) is 54.6 Å². The number of hydrogen-bond acceptors (Lipinski definition) is 1. The molecule has 150 valence electrons. The molecule has 1 saturated carbocycles. The van der Waals surface area contributed by atoms with Crippen LogP contribution in [0.1, 0.15) is 53.7 Å². The quantitative estimate of drug-likeness (QED) is 0.528. The van der Waals surface area contributed by atoms with Gasteiger partial charge in [0.05, 0.1) is 11.3 Å². The minimum Gasteiger partial charge on any atom is -0.349 e. The average Bonchev–Trinajstić information content (AvgIpc) is 3.07. The second-order valence-electron chi connectivity index (χ2n) is 8.01. The van der Waals surface area contributed by atoms with E-state index in [4.69, 9.17) is 11.6 Å². The van der Waals surface area contributed by atoms with E-state index in [-0.39, 0.29) is 11.9 Å². The number of benzene rings is 2. The number of halogens is 1. The SMILES string of the molecule is Cc1ccc(-n2c(-c3ccc(Cl)cc3)cc(C(=O)NC3CCCCC3)c2C)cc1. The molecule has 1 fully saturated rings. The molecule has 29 heavy (non-hydrogen) atoms. The molecule has 0 radical (unpaired) electrons. The van der Waals surface area contributed by atoms with Gasteiger partial charge in [-0.05, 0) is 62.6 Å². The molecule has 1 aliphatic rings. The van der Waals surface area contributed by atoms with Crippen molar-refractivity contribution in [3.05, 3.63) is 76.4 Å². The fraction of sp³-hybridized carbons (Fsp3) is 0.320. The van der Waals surface area contributed by atoms with E-state index in [0.29, 0.717) is 5.02 Å². The van der Waals surface area contributed by atoms with E-state index in [9.17, 15) is 4.79 Å². The van der Waals surface area contributed by atoms with Gasteiger partial charge in [0.1, 0.15) is 0 Å². The molecule has 2 aromatic carbocycles. The monoisotopic (exact) mass is 406 g/mol. The van der Waals surface area contributed by atoms with Crippen molar-refractivity contribution in [2.45, 2.75) is 52.0 Å². The number of aromatic nitrogens is 1. The first kappa shape index (κ1) is 19.8. The first-order valence-corrected chi connectivity index (χ1v) is 10.8. The molecule has 3 aromatic rings. The topological polar surface area (TPSA) is 34.0 Å². The molecule has 0 aliphatic heterocycles. The van der Waals surface area contributed by atoms with Crippen molar-refractivity contribution in [2.24, 2.45) is 0 Å². The maximum Gasteiger partial charge on any atom is 0.253 e. The normalized spacial score (nSPS) is 14.7. The predicted octanol–water partition coefficient (Wildman–Crippen LogP) is 6.48. The first-order valence-electron chi connectivity index (χ1n) is 10.4. The minimum absolute atomic E-state index is 0.0236. The Hall–Kier alpha value is -2.52. The standard InChI is InChI=1S/C25H27ClN2O/c1-17-8-14-22(15-9-17)28-18(2)23(25(29)27-21-6-4-3-5-7-21)16-24(28)19-10-12-20(26)13-11-19/h8-16,21H,3-7H2,1-2H3,(H,27,29). The molecule has 4 rings (SSSR count). The summed E-state index contributed by atoms with van der Waals surface area (Å²) in [5, 5.41) is 3.97. The second-order valence-corrected chi connectivity index (χ2v) is 8.45. The number of carbonyl (C=O) groups excluding carboxylic acids is 1. The number of carbonyl (C=O) groups is 1. The fourth-order valence-electron chi connectivity index (χ4n) is 4.21. The van der Waals surface area contributed by atoms with Crippen LogP contribution in [0.25, 0.3) is 16.9 Å². The average molecular weight is 407 g/mol. The van der Waals surface area contributed by atoms with Gasteiger partial charge >= 0.3 is 0 Å². The number of rotatable bonds is 4. The lowest BCUT2D eigenvalue weighted by Gasteiger charge is -2.22. The van der Waals surface area contributed by atoms with Crippen molar-refractivity contribution in [3.63, 3.8) is 0 Å². The summed E-state index contributed by atoms with van der Waals surface area (Å²) in [6, 6.07) is 18.5. The van der Waals surface area contributed by atoms with Crippen LogP contribution in [0.5, 0.6) is 0 Å². The zero-order valence-corrected chi connectivity index (χ0v) is 17.8. The maximum atomic E-state index is 13.1. The lowest BCUT2D eigenvalue weighted by Crippen LogP contribution is -2.36. The highest BCUT2D eigenvalue weighted by atomic mass is 35.5. The molecule has 3 nitrogen and oxygen atoms in total. The molecule has 4 heteroatoms. The Kier molecular flexibility index (Phi) is 5.77. The fourth-order valence-corrected chi connectivity index (χ4v) is 4.33. The van der Waals surface area contributed by atoms with Crippen LogP contribution in [-0.2, 0) is 0 Å². The molecule has 1 N–H and O–H groups in total. The smallest absolute Gasteiger partial charge is 0.253 e. The molecule has 1 aromatic heterocycles. The summed E-state index contributed by atoms with van der Waals surface area (Å²) < 4.78 is 2.17. The van der Waals surface area contributed by atoms with Crippen molar-refractivity contribution in [3.8, 4) is 16.9 Å². The van der Waals surface area contributed by atoms with Crippen molar-refractivity contribution in [2.75, 3.05) is 0 Å². The van der Waals surface area contributed by atoms with E-state index in [1.807, 2.05) is 37.3 Å². The molecular weight excluding hydrogens is 380 g/mol. The summed E-state index contributed by atoms with van der Waals surface area (Å²) in [4.78, 5) is 13.1. The Bertz CT molecular complexity index is 997. The zero-order valence-electron chi connectivity index (χ0n) is 17.0. The van der Waals surface area contributed by atoms with Crippen LogP contribution in [-0.4, -0.2) is 16.5 Å². The maximum absolute atomic E-state index is 13.1. The Labute approximate surface area is 177 Å². The first-order chi connectivity index (χ1) is 14.0. The summed E-state index contributed by atoms with van der Waals surface area (Å²) in [5.74, 6) is 0.0236. The Morgan fingerprint density at radius 1 is 0.966 bits per heavy atom. The van der Waals surface area contributed by atoms with Gasteiger partial charge in [0.2, 0.25) is 0 Å². The Morgan fingerprint density at radius 3 is 2.28 bits per heavy atom. The Balaban J connectivity index is 1.76. The van der Waals surface area contributed by atoms with Crippen molar-refractivity contribution < 1.29 is 4.79 Å². The van der Waals surface area contributed by atoms with Gasteiger partial charge in [-0.3, -0.25) is 4.79 Å². The van der Waals surface area contributed by atoms with Gasteiger partial charge in [-0.25, -0.2) is 0 Å². The largest absolute Gasteiger partial charge is 0.349 e. The van der Waals surface area contributed by atoms with E-state index in [1.54, 1.807) is 0 Å². The predicted molar refractivity (Wildman–Crippen MR) is 120 cm³/mol. The second kappa shape index (κ2) is 8.46. The highest BCUT2D eigenvalue weighted by molar-refractivity contribution is 6.30. The van der Waals surface area contributed by atoms with Gasteiger partial charge in [-0.15, -0.1) is 0 Å². The summed E-state index contributed by atoms with van der Waals surface area (Å²) in [7, 11) is 0. The van der Waals surface area contributed by atoms with Crippen LogP contribution >= 0.6 is 11.6 Å². The van der Waals surface area contributed by atoms with Crippen LogP contribution in [0.4, 0.5) is 0 Å². The van der Waals surface area contributed by atoms with Crippen molar-refractivity contribution >= 4 is 17.5 Å². The van der Waals surface area contributed by atoms with Crippen LogP contribution in [0, 0.1) is 13.8 Å². The summed E-state index contributed by atoms with van der Waals surface area (Å²) in [6.07, 6.45) is 5.82. The highest BCUT2D eigenvalue weighted by Crippen LogP contribution is 2.31. The van der Waals surface area contributed by atoms with Crippen LogP contribution < -0.4 is 5.32 Å². The van der Waals surface area contributed by atoms with Gasteiger partial charge in [-0.1, -0.05) is 60.7 Å². The molecule has 1 amide bonds. The number of aryl methyl sites for hydroxylation is 1. The molecule has 0 bridgehead atoms. The third-order valence-electron chi connectivity index (χ3n) is 5.86. The lowest BCUT2D eigenvalue weighted by atomic mass is 9.95. The number of nitrogens with zero attached hydrogens (tertiary/aromatic N) is 1. The zero-order chi connectivity index (χ0) is 20.4. The summed E-state index contributed by atoms with van der Waals surface area (Å²) in [6.45, 7) is 4.10.